The van der Waals surface area contributed by atoms with Crippen LogP contribution in [0.25, 0.3) is 0 Å². The zero-order chi connectivity index (χ0) is 16.7. The highest BCUT2D eigenvalue weighted by Crippen LogP contribution is 2.27. The minimum absolute atomic E-state index is 0. The van der Waals surface area contributed by atoms with Gasteiger partial charge in [-0.05, 0) is 18.7 Å². The summed E-state index contributed by atoms with van der Waals surface area (Å²) >= 11 is 6.39. The highest BCUT2D eigenvalue weighted by molar-refractivity contribution is 6.31. The van der Waals surface area contributed by atoms with Gasteiger partial charge in [-0.2, -0.15) is 0 Å². The van der Waals surface area contributed by atoms with Gasteiger partial charge >= 0.3 is 0 Å². The van der Waals surface area contributed by atoms with Crippen molar-refractivity contribution in [3.05, 3.63) is 34.9 Å². The van der Waals surface area contributed by atoms with Crippen LogP contribution in [0, 0.1) is 5.92 Å². The Morgan fingerprint density at radius 2 is 1.88 bits per heavy atom. The third kappa shape index (κ3) is 7.29. The molecule has 0 aliphatic carbocycles. The molecule has 2 unspecified atom stereocenters. The van der Waals surface area contributed by atoms with Crippen molar-refractivity contribution < 1.29 is 9.53 Å². The lowest BCUT2D eigenvalue weighted by atomic mass is 10.0. The molecule has 2 atom stereocenters. The monoisotopic (exact) mass is 411 g/mol. The molecular formula is C17H28Cl3N3O2. The lowest BCUT2D eigenvalue weighted by molar-refractivity contribution is -0.124. The summed E-state index contributed by atoms with van der Waals surface area (Å²) in [5, 5.41) is 6.84. The molecule has 5 nitrogen and oxygen atoms in total. The van der Waals surface area contributed by atoms with Crippen LogP contribution < -0.4 is 10.6 Å². The zero-order valence-corrected chi connectivity index (χ0v) is 17.1. The van der Waals surface area contributed by atoms with E-state index >= 15 is 0 Å². The highest BCUT2D eigenvalue weighted by Gasteiger charge is 2.25. The van der Waals surface area contributed by atoms with E-state index in [2.05, 4.69) is 15.5 Å². The molecule has 0 saturated carbocycles. The number of rotatable bonds is 7. The van der Waals surface area contributed by atoms with E-state index in [0.717, 1.165) is 23.7 Å². The van der Waals surface area contributed by atoms with Crippen LogP contribution >= 0.6 is 36.4 Å². The largest absolute Gasteiger partial charge is 0.379 e. The molecular weight excluding hydrogens is 385 g/mol. The summed E-state index contributed by atoms with van der Waals surface area (Å²) in [6.07, 6.45) is 0. The molecule has 0 radical (unpaired) electrons. The first-order valence-electron chi connectivity index (χ1n) is 8.12. The SMILES string of the molecule is CNCC(C)C(=O)NCC(c1ccccc1Cl)N1CCOCC1.Cl.Cl. The molecule has 2 rings (SSSR count). The second kappa shape index (κ2) is 12.7. The van der Waals surface area contributed by atoms with Crippen LogP contribution in [0.2, 0.25) is 5.02 Å². The van der Waals surface area contributed by atoms with E-state index in [-0.39, 0.29) is 42.7 Å². The van der Waals surface area contributed by atoms with E-state index in [0.29, 0.717) is 26.3 Å². The number of hydrogen-bond acceptors (Lipinski definition) is 4. The van der Waals surface area contributed by atoms with Crippen LogP contribution in [0.3, 0.4) is 0 Å². The summed E-state index contributed by atoms with van der Waals surface area (Å²) in [5.74, 6) is 0.00116. The topological polar surface area (TPSA) is 53.6 Å². The van der Waals surface area contributed by atoms with E-state index in [1.807, 2.05) is 38.2 Å². The lowest BCUT2D eigenvalue weighted by Crippen LogP contribution is -2.45. The number of carbonyl (C=O) groups excluding carboxylic acids is 1. The number of benzene rings is 1. The first kappa shape index (κ1) is 24.4. The van der Waals surface area contributed by atoms with Crippen LogP contribution in [0.1, 0.15) is 18.5 Å². The molecule has 2 N–H and O–H groups in total. The summed E-state index contributed by atoms with van der Waals surface area (Å²) in [7, 11) is 1.85. The molecule has 1 amide bonds. The predicted molar refractivity (Wildman–Crippen MR) is 107 cm³/mol. The fourth-order valence-corrected chi connectivity index (χ4v) is 3.10. The third-order valence-corrected chi connectivity index (χ3v) is 4.52. The second-order valence-electron chi connectivity index (χ2n) is 5.89. The number of nitrogens with one attached hydrogen (secondary N) is 2. The van der Waals surface area contributed by atoms with Crippen molar-refractivity contribution in [2.45, 2.75) is 13.0 Å². The summed E-state index contributed by atoms with van der Waals surface area (Å²) in [4.78, 5) is 14.5. The molecule has 1 aromatic carbocycles. The summed E-state index contributed by atoms with van der Waals surface area (Å²) in [5.41, 5.74) is 1.05. The molecule has 1 saturated heterocycles. The fraction of sp³-hybridized carbons (Fsp3) is 0.588. The number of halogens is 3. The Bertz CT molecular complexity index is 514. The van der Waals surface area contributed by atoms with Gasteiger partial charge in [0.2, 0.25) is 5.91 Å². The Morgan fingerprint density at radius 3 is 2.48 bits per heavy atom. The number of ether oxygens (including phenoxy) is 1. The van der Waals surface area contributed by atoms with E-state index in [4.69, 9.17) is 16.3 Å². The van der Waals surface area contributed by atoms with E-state index in [1.165, 1.54) is 0 Å². The Morgan fingerprint density at radius 1 is 1.24 bits per heavy atom. The van der Waals surface area contributed by atoms with E-state index in [1.54, 1.807) is 0 Å². The molecule has 8 heteroatoms. The van der Waals surface area contributed by atoms with Crippen molar-refractivity contribution in [3.8, 4) is 0 Å². The van der Waals surface area contributed by atoms with Crippen LogP contribution in [0.5, 0.6) is 0 Å². The van der Waals surface area contributed by atoms with Crippen molar-refractivity contribution in [1.82, 2.24) is 15.5 Å². The molecule has 144 valence electrons. The summed E-state index contributed by atoms with van der Waals surface area (Å²) < 4.78 is 5.44. The van der Waals surface area contributed by atoms with Gasteiger partial charge in [-0.3, -0.25) is 9.69 Å². The van der Waals surface area contributed by atoms with Crippen molar-refractivity contribution >= 4 is 42.3 Å². The van der Waals surface area contributed by atoms with Gasteiger partial charge in [0.15, 0.2) is 0 Å². The Balaban J connectivity index is 0.00000288. The fourth-order valence-electron chi connectivity index (χ4n) is 2.84. The zero-order valence-electron chi connectivity index (χ0n) is 14.7. The van der Waals surface area contributed by atoms with Gasteiger partial charge in [-0.1, -0.05) is 36.7 Å². The number of amides is 1. The molecule has 25 heavy (non-hydrogen) atoms. The minimum Gasteiger partial charge on any atom is -0.379 e. The number of hydrogen-bond donors (Lipinski definition) is 2. The maximum absolute atomic E-state index is 12.2. The number of carbonyl (C=O) groups is 1. The average molecular weight is 413 g/mol. The van der Waals surface area contributed by atoms with Gasteiger partial charge in [0, 0.05) is 37.1 Å². The molecule has 0 bridgehead atoms. The lowest BCUT2D eigenvalue weighted by Gasteiger charge is -2.35. The predicted octanol–water partition coefficient (Wildman–Crippen LogP) is 2.53. The first-order chi connectivity index (χ1) is 11.1. The standard InChI is InChI=1S/C17H26ClN3O2.2ClH/c1-13(11-19-2)17(22)20-12-16(21-7-9-23-10-8-21)14-5-3-4-6-15(14)18;;/h3-6,13,16,19H,7-12H2,1-2H3,(H,20,22);2*1H. The number of morpholine rings is 1. The molecule has 1 fully saturated rings. The number of nitrogens with zero attached hydrogens (tertiary/aromatic N) is 1. The van der Waals surface area contributed by atoms with Gasteiger partial charge in [0.05, 0.1) is 19.3 Å². The molecule has 0 aromatic heterocycles. The minimum atomic E-state index is -0.0587. The van der Waals surface area contributed by atoms with Crippen LogP contribution in [0.4, 0.5) is 0 Å². The molecule has 1 heterocycles. The van der Waals surface area contributed by atoms with Crippen LogP contribution in [-0.2, 0) is 9.53 Å². The quantitative estimate of drug-likeness (QED) is 0.722. The summed E-state index contributed by atoms with van der Waals surface area (Å²) in [6, 6.07) is 7.91. The Labute approximate surface area is 167 Å². The van der Waals surface area contributed by atoms with Gasteiger partial charge < -0.3 is 15.4 Å². The summed E-state index contributed by atoms with van der Waals surface area (Å²) in [6.45, 7) is 6.26. The van der Waals surface area contributed by atoms with Crippen LogP contribution in [0.15, 0.2) is 24.3 Å². The molecule has 1 aliphatic rings. The smallest absolute Gasteiger partial charge is 0.224 e. The third-order valence-electron chi connectivity index (χ3n) is 4.18. The van der Waals surface area contributed by atoms with Crippen molar-refractivity contribution in [3.63, 3.8) is 0 Å². The first-order valence-corrected chi connectivity index (χ1v) is 8.49. The van der Waals surface area contributed by atoms with Gasteiger partial charge in [0.1, 0.15) is 0 Å². The second-order valence-corrected chi connectivity index (χ2v) is 6.30. The normalized spacial score (nSPS) is 16.9. The van der Waals surface area contributed by atoms with Gasteiger partial charge in [0.25, 0.3) is 0 Å². The molecule has 1 aromatic rings. The molecule has 1 aliphatic heterocycles. The van der Waals surface area contributed by atoms with Gasteiger partial charge in [-0.25, -0.2) is 0 Å². The highest BCUT2D eigenvalue weighted by atomic mass is 35.5. The van der Waals surface area contributed by atoms with Crippen molar-refractivity contribution in [2.24, 2.45) is 5.92 Å². The van der Waals surface area contributed by atoms with Crippen molar-refractivity contribution in [2.75, 3.05) is 46.4 Å². The maximum Gasteiger partial charge on any atom is 0.224 e. The maximum atomic E-state index is 12.2. The van der Waals surface area contributed by atoms with Gasteiger partial charge in [-0.15, -0.1) is 24.8 Å². The Hall–Kier alpha value is -0.560. The van der Waals surface area contributed by atoms with Crippen molar-refractivity contribution in [1.29, 1.82) is 0 Å². The van der Waals surface area contributed by atoms with Crippen LogP contribution in [-0.4, -0.2) is 57.2 Å². The molecule has 0 spiro atoms. The Kier molecular flexibility index (Phi) is 12.5. The van der Waals surface area contributed by atoms with E-state index in [9.17, 15) is 4.79 Å². The van der Waals surface area contributed by atoms with E-state index < -0.39 is 0 Å². The average Bonchev–Trinajstić information content (AvgIpc) is 2.57.